The molecule has 2 N–H and O–H groups in total. The van der Waals surface area contributed by atoms with E-state index >= 15 is 0 Å². The van der Waals surface area contributed by atoms with Crippen molar-refractivity contribution in [2.45, 2.75) is 6.10 Å². The second-order valence-corrected chi connectivity index (χ2v) is 6.22. The van der Waals surface area contributed by atoms with Crippen LogP contribution in [0.4, 0.5) is 0 Å². The maximum absolute atomic E-state index is 11.9. The van der Waals surface area contributed by atoms with Crippen molar-refractivity contribution < 1.29 is 14.3 Å². The van der Waals surface area contributed by atoms with E-state index in [1.807, 2.05) is 0 Å². The molecule has 0 radical (unpaired) electrons. The van der Waals surface area contributed by atoms with Crippen molar-refractivity contribution in [3.8, 4) is 11.3 Å². The number of aliphatic hydroxyl groups is 1. The molecule has 0 saturated heterocycles. The lowest BCUT2D eigenvalue weighted by Crippen LogP contribution is -2.25. The molecule has 3 rings (SSSR count). The molecule has 132 valence electrons. The topological polar surface area (TPSA) is 74.8 Å². The molecule has 7 heteroatoms. The number of nitrogens with one attached hydrogen (secondary N) is 1. The molecule has 0 saturated carbocycles. The van der Waals surface area contributed by atoms with Crippen LogP contribution in [0, 0.1) is 0 Å². The van der Waals surface area contributed by atoms with Gasteiger partial charge in [0.25, 0.3) is 5.91 Å². The zero-order chi connectivity index (χ0) is 18.5. The maximum Gasteiger partial charge on any atom is 0.273 e. The fourth-order valence-electron chi connectivity index (χ4n) is 2.26. The lowest BCUT2D eigenvalue weighted by atomic mass is 10.1. The highest BCUT2D eigenvalue weighted by atomic mass is 35.5. The van der Waals surface area contributed by atoms with Gasteiger partial charge in [-0.1, -0.05) is 53.5 Å². The van der Waals surface area contributed by atoms with E-state index in [4.69, 9.17) is 27.6 Å². The Hall–Kier alpha value is -2.60. The van der Waals surface area contributed by atoms with Crippen molar-refractivity contribution >= 4 is 35.3 Å². The van der Waals surface area contributed by atoms with E-state index in [2.05, 4.69) is 10.5 Å². The molecule has 0 bridgehead atoms. The number of carbonyl (C=O) groups is 1. The van der Waals surface area contributed by atoms with Crippen molar-refractivity contribution in [3.05, 3.63) is 82.0 Å². The lowest BCUT2D eigenvalue weighted by Gasteiger charge is -2.08. The fourth-order valence-corrected chi connectivity index (χ4v) is 2.64. The Morgan fingerprint density at radius 1 is 1.12 bits per heavy atom. The van der Waals surface area contributed by atoms with Gasteiger partial charge in [-0.2, -0.15) is 5.10 Å². The number of rotatable bonds is 5. The Balaban J connectivity index is 1.66. The molecule has 1 heterocycles. The molecule has 5 nitrogen and oxygen atoms in total. The zero-order valence-electron chi connectivity index (χ0n) is 13.4. The van der Waals surface area contributed by atoms with E-state index in [0.29, 0.717) is 32.7 Å². The van der Waals surface area contributed by atoms with Crippen molar-refractivity contribution in [1.29, 1.82) is 0 Å². The smallest absolute Gasteiger partial charge is 0.273 e. The molecule has 2 aromatic carbocycles. The van der Waals surface area contributed by atoms with Crippen LogP contribution < -0.4 is 5.43 Å². The second-order valence-electron chi connectivity index (χ2n) is 5.37. The van der Waals surface area contributed by atoms with Crippen LogP contribution >= 0.6 is 23.2 Å². The van der Waals surface area contributed by atoms with Gasteiger partial charge in [-0.05, 0) is 35.9 Å². The van der Waals surface area contributed by atoms with Crippen LogP contribution in [0.1, 0.15) is 17.4 Å². The number of hydrogen-bond acceptors (Lipinski definition) is 4. The number of furan rings is 1. The van der Waals surface area contributed by atoms with Gasteiger partial charge in [0.15, 0.2) is 6.10 Å². The number of aliphatic hydroxyl groups excluding tert-OH is 1. The van der Waals surface area contributed by atoms with Gasteiger partial charge in [0.1, 0.15) is 11.5 Å². The Labute approximate surface area is 159 Å². The molecular formula is C19H14Cl2N2O3. The lowest BCUT2D eigenvalue weighted by molar-refractivity contribution is -0.129. The highest BCUT2D eigenvalue weighted by Gasteiger charge is 2.16. The summed E-state index contributed by atoms with van der Waals surface area (Å²) in [5, 5.41) is 14.8. The highest BCUT2D eigenvalue weighted by molar-refractivity contribution is 6.35. The van der Waals surface area contributed by atoms with Crippen molar-refractivity contribution in [2.24, 2.45) is 5.10 Å². The van der Waals surface area contributed by atoms with E-state index in [-0.39, 0.29) is 0 Å². The van der Waals surface area contributed by atoms with Gasteiger partial charge in [0.05, 0.1) is 11.2 Å². The number of hydrogen-bond donors (Lipinski definition) is 2. The first-order valence-electron chi connectivity index (χ1n) is 7.66. The van der Waals surface area contributed by atoms with Crippen molar-refractivity contribution in [2.75, 3.05) is 0 Å². The monoisotopic (exact) mass is 388 g/mol. The third-order valence-electron chi connectivity index (χ3n) is 3.55. The predicted octanol–water partition coefficient (Wildman–Crippen LogP) is 4.44. The zero-order valence-corrected chi connectivity index (χ0v) is 14.9. The number of benzene rings is 2. The Morgan fingerprint density at radius 2 is 1.88 bits per heavy atom. The molecule has 0 aliphatic heterocycles. The predicted molar refractivity (Wildman–Crippen MR) is 101 cm³/mol. The van der Waals surface area contributed by atoms with Crippen LogP contribution in [-0.4, -0.2) is 17.2 Å². The first-order chi connectivity index (χ1) is 12.5. The van der Waals surface area contributed by atoms with Crippen LogP contribution in [0.15, 0.2) is 70.2 Å². The summed E-state index contributed by atoms with van der Waals surface area (Å²) in [5.74, 6) is 0.289. The van der Waals surface area contributed by atoms with Crippen molar-refractivity contribution in [3.63, 3.8) is 0 Å². The minimum absolute atomic E-state index is 0.408. The Bertz CT molecular complexity index is 939. The van der Waals surface area contributed by atoms with Gasteiger partial charge in [-0.25, -0.2) is 5.43 Å². The summed E-state index contributed by atoms with van der Waals surface area (Å²) in [6.45, 7) is 0. The second kappa shape index (κ2) is 8.19. The van der Waals surface area contributed by atoms with Gasteiger partial charge < -0.3 is 9.52 Å². The summed E-state index contributed by atoms with van der Waals surface area (Å²) in [4.78, 5) is 11.9. The summed E-state index contributed by atoms with van der Waals surface area (Å²) < 4.78 is 5.63. The van der Waals surface area contributed by atoms with E-state index in [1.165, 1.54) is 6.21 Å². The van der Waals surface area contributed by atoms with Crippen molar-refractivity contribution in [1.82, 2.24) is 5.43 Å². The standard InChI is InChI=1S/C19H14Cl2N2O3/c20-13-6-8-16(21)15(10-13)17-9-7-14(26-17)11-22-23-19(25)18(24)12-4-2-1-3-5-12/h1-11,18,24H,(H,23,25)/b22-11+. The Kier molecular flexibility index (Phi) is 5.73. The van der Waals surface area contributed by atoms with Crippen LogP contribution in [0.2, 0.25) is 10.0 Å². The maximum atomic E-state index is 11.9. The largest absolute Gasteiger partial charge is 0.455 e. The molecule has 1 amide bonds. The SMILES string of the molecule is O=C(N/N=C/c1ccc(-c2cc(Cl)ccc2Cl)o1)C(O)c1ccccc1. The summed E-state index contributed by atoms with van der Waals surface area (Å²) in [5.41, 5.74) is 3.41. The number of hydrazone groups is 1. The minimum atomic E-state index is -1.30. The molecule has 26 heavy (non-hydrogen) atoms. The van der Waals surface area contributed by atoms with Crippen LogP contribution in [0.5, 0.6) is 0 Å². The quantitative estimate of drug-likeness (QED) is 0.501. The Morgan fingerprint density at radius 3 is 2.65 bits per heavy atom. The van der Waals surface area contributed by atoms with Crippen LogP contribution in [0.25, 0.3) is 11.3 Å². The minimum Gasteiger partial charge on any atom is -0.455 e. The average molecular weight is 389 g/mol. The molecule has 0 fully saturated rings. The molecular weight excluding hydrogens is 375 g/mol. The normalized spacial score (nSPS) is 12.3. The number of nitrogens with zero attached hydrogens (tertiary/aromatic N) is 1. The summed E-state index contributed by atoms with van der Waals surface area (Å²) in [6.07, 6.45) is 0.0307. The number of halogens is 2. The van der Waals surface area contributed by atoms with E-state index in [9.17, 15) is 9.90 Å². The molecule has 1 unspecified atom stereocenters. The average Bonchev–Trinajstić information content (AvgIpc) is 3.12. The summed E-state index contributed by atoms with van der Waals surface area (Å²) in [7, 11) is 0. The van der Waals surface area contributed by atoms with Crippen LogP contribution in [-0.2, 0) is 4.79 Å². The van der Waals surface area contributed by atoms with Gasteiger partial charge in [-0.15, -0.1) is 0 Å². The first-order valence-corrected chi connectivity index (χ1v) is 8.41. The molecule has 0 aliphatic rings. The van der Waals surface area contributed by atoms with Gasteiger partial charge in [0.2, 0.25) is 0 Å². The molecule has 3 aromatic rings. The first kappa shape index (κ1) is 18.2. The molecule has 0 aliphatic carbocycles. The van der Waals surface area contributed by atoms with E-state index in [0.717, 1.165) is 0 Å². The highest BCUT2D eigenvalue weighted by Crippen LogP contribution is 2.31. The molecule has 0 spiro atoms. The summed E-state index contributed by atoms with van der Waals surface area (Å²) >= 11 is 12.1. The van der Waals surface area contributed by atoms with E-state index in [1.54, 1.807) is 60.7 Å². The number of carbonyl (C=O) groups excluding carboxylic acids is 1. The molecule has 1 aromatic heterocycles. The summed E-state index contributed by atoms with van der Waals surface area (Å²) in [6, 6.07) is 17.0. The van der Waals surface area contributed by atoms with Crippen LogP contribution in [0.3, 0.4) is 0 Å². The molecule has 1 atom stereocenters. The third kappa shape index (κ3) is 4.32. The van der Waals surface area contributed by atoms with E-state index < -0.39 is 12.0 Å². The van der Waals surface area contributed by atoms with Gasteiger partial charge in [0, 0.05) is 10.6 Å². The van der Waals surface area contributed by atoms with Gasteiger partial charge >= 0.3 is 0 Å². The fraction of sp³-hybridized carbons (Fsp3) is 0.0526. The van der Waals surface area contributed by atoms with Gasteiger partial charge in [-0.3, -0.25) is 4.79 Å². The third-order valence-corrected chi connectivity index (χ3v) is 4.12. The number of amides is 1.